The topological polar surface area (TPSA) is 41.6 Å². The number of morpholine rings is 1. The maximum Gasteiger partial charge on any atom is 0.416 e. The molecule has 0 bridgehead atoms. The number of benzene rings is 1. The van der Waals surface area contributed by atoms with Gasteiger partial charge in [-0.15, -0.1) is 0 Å². The highest BCUT2D eigenvalue weighted by atomic mass is 19.4. The Hall–Kier alpha value is -1.60. The summed E-state index contributed by atoms with van der Waals surface area (Å²) in [5, 5.41) is 2.96. The summed E-state index contributed by atoms with van der Waals surface area (Å²) in [5.41, 5.74) is -0.555. The molecule has 3 rings (SSSR count). The summed E-state index contributed by atoms with van der Waals surface area (Å²) < 4.78 is 43.4. The number of amides is 1. The first-order valence-electron chi connectivity index (χ1n) is 9.19. The molecular weight excluding hydrogens is 345 g/mol. The Bertz CT molecular complexity index is 604. The van der Waals surface area contributed by atoms with E-state index in [1.807, 2.05) is 0 Å². The third kappa shape index (κ3) is 4.38. The van der Waals surface area contributed by atoms with Gasteiger partial charge in [0, 0.05) is 30.7 Å². The lowest BCUT2D eigenvalue weighted by Crippen LogP contribution is -2.59. The van der Waals surface area contributed by atoms with Crippen LogP contribution in [0, 0.1) is 0 Å². The summed E-state index contributed by atoms with van der Waals surface area (Å²) in [7, 11) is 0. The summed E-state index contributed by atoms with van der Waals surface area (Å²) in [6, 6.07) is 4.38. The van der Waals surface area contributed by atoms with Crippen LogP contribution >= 0.6 is 0 Å². The normalized spacial score (nSPS) is 21.3. The van der Waals surface area contributed by atoms with E-state index in [1.165, 1.54) is 18.6 Å². The van der Waals surface area contributed by atoms with Crippen LogP contribution in [0.3, 0.4) is 0 Å². The highest BCUT2D eigenvalue weighted by Crippen LogP contribution is 2.34. The van der Waals surface area contributed by atoms with Crippen LogP contribution in [0.1, 0.15) is 48.0 Å². The van der Waals surface area contributed by atoms with Gasteiger partial charge in [-0.1, -0.05) is 19.3 Å². The zero-order valence-electron chi connectivity index (χ0n) is 14.8. The van der Waals surface area contributed by atoms with E-state index >= 15 is 0 Å². The van der Waals surface area contributed by atoms with Gasteiger partial charge in [0.2, 0.25) is 0 Å². The highest BCUT2D eigenvalue weighted by Gasteiger charge is 2.39. The van der Waals surface area contributed by atoms with Gasteiger partial charge in [0.05, 0.1) is 18.8 Å². The van der Waals surface area contributed by atoms with E-state index in [0.29, 0.717) is 19.8 Å². The SMILES string of the molecule is O=C(NCC1(N2CCOCC2)CCCCC1)c1ccc(C(F)(F)F)cc1. The lowest BCUT2D eigenvalue weighted by molar-refractivity contribution is -0.137. The van der Waals surface area contributed by atoms with Crippen LogP contribution in [-0.4, -0.2) is 49.2 Å². The molecule has 0 atom stereocenters. The van der Waals surface area contributed by atoms with E-state index in [1.54, 1.807) is 0 Å². The van der Waals surface area contributed by atoms with Gasteiger partial charge in [-0.2, -0.15) is 13.2 Å². The first-order chi connectivity index (χ1) is 12.4. The zero-order chi connectivity index (χ0) is 18.6. The molecule has 0 spiro atoms. The van der Waals surface area contributed by atoms with Crippen molar-refractivity contribution in [2.45, 2.75) is 43.8 Å². The molecule has 4 nitrogen and oxygen atoms in total. The molecule has 1 saturated heterocycles. The van der Waals surface area contributed by atoms with Gasteiger partial charge >= 0.3 is 6.18 Å². The fourth-order valence-corrected chi connectivity index (χ4v) is 4.01. The lowest BCUT2D eigenvalue weighted by Gasteiger charge is -2.48. The molecule has 144 valence electrons. The average Bonchev–Trinajstić information content (AvgIpc) is 2.67. The monoisotopic (exact) mass is 370 g/mol. The average molecular weight is 370 g/mol. The van der Waals surface area contributed by atoms with E-state index in [9.17, 15) is 18.0 Å². The molecule has 1 aromatic rings. The van der Waals surface area contributed by atoms with Crippen LogP contribution in [0.5, 0.6) is 0 Å². The summed E-state index contributed by atoms with van der Waals surface area (Å²) in [6.07, 6.45) is 1.14. The summed E-state index contributed by atoms with van der Waals surface area (Å²) in [5.74, 6) is -0.322. The predicted octanol–water partition coefficient (Wildman–Crippen LogP) is 3.47. The molecule has 2 aliphatic rings. The van der Waals surface area contributed by atoms with E-state index in [0.717, 1.165) is 50.9 Å². The molecule has 1 saturated carbocycles. The smallest absolute Gasteiger partial charge is 0.379 e. The number of hydrogen-bond acceptors (Lipinski definition) is 3. The Labute approximate surface area is 151 Å². The minimum atomic E-state index is -4.39. The summed E-state index contributed by atoms with van der Waals surface area (Å²) >= 11 is 0. The molecule has 0 aromatic heterocycles. The molecule has 2 fully saturated rings. The van der Waals surface area contributed by atoms with Gasteiger partial charge in [0.15, 0.2) is 0 Å². The molecule has 1 aliphatic carbocycles. The van der Waals surface area contributed by atoms with Crippen molar-refractivity contribution in [2.75, 3.05) is 32.8 Å². The number of alkyl halides is 3. The van der Waals surface area contributed by atoms with Gasteiger partial charge in [-0.05, 0) is 37.1 Å². The lowest BCUT2D eigenvalue weighted by atomic mass is 9.79. The van der Waals surface area contributed by atoms with Crippen molar-refractivity contribution in [1.29, 1.82) is 0 Å². The minimum Gasteiger partial charge on any atom is -0.379 e. The standard InChI is InChI=1S/C19H25F3N2O2/c20-19(21,22)16-6-4-15(5-7-16)17(25)23-14-18(8-2-1-3-9-18)24-10-12-26-13-11-24/h4-7H,1-3,8-14H2,(H,23,25). The Morgan fingerprint density at radius 1 is 1.08 bits per heavy atom. The molecule has 26 heavy (non-hydrogen) atoms. The summed E-state index contributed by atoms with van der Waals surface area (Å²) in [6.45, 7) is 3.64. The van der Waals surface area contributed by atoms with Crippen molar-refractivity contribution in [3.05, 3.63) is 35.4 Å². The second-order valence-electron chi connectivity index (χ2n) is 7.14. The van der Waals surface area contributed by atoms with Crippen molar-refractivity contribution in [3.8, 4) is 0 Å². The zero-order valence-corrected chi connectivity index (χ0v) is 14.8. The number of ether oxygens (including phenoxy) is 1. The van der Waals surface area contributed by atoms with Crippen molar-refractivity contribution >= 4 is 5.91 Å². The maximum atomic E-state index is 12.7. The molecule has 1 aliphatic heterocycles. The molecule has 1 amide bonds. The Balaban J connectivity index is 1.65. The van der Waals surface area contributed by atoms with Crippen LogP contribution in [-0.2, 0) is 10.9 Å². The number of nitrogens with one attached hydrogen (secondary N) is 1. The maximum absolute atomic E-state index is 12.7. The first-order valence-corrected chi connectivity index (χ1v) is 9.19. The fourth-order valence-electron chi connectivity index (χ4n) is 4.01. The Kier molecular flexibility index (Phi) is 5.87. The van der Waals surface area contributed by atoms with Crippen LogP contribution in [0.25, 0.3) is 0 Å². The van der Waals surface area contributed by atoms with Gasteiger partial charge in [-0.25, -0.2) is 0 Å². The molecule has 1 heterocycles. The van der Waals surface area contributed by atoms with Gasteiger partial charge < -0.3 is 10.1 Å². The summed E-state index contributed by atoms with van der Waals surface area (Å²) in [4.78, 5) is 14.9. The fraction of sp³-hybridized carbons (Fsp3) is 0.632. The number of hydrogen-bond donors (Lipinski definition) is 1. The third-order valence-electron chi connectivity index (χ3n) is 5.52. The quantitative estimate of drug-likeness (QED) is 0.882. The first kappa shape index (κ1) is 19.2. The second-order valence-corrected chi connectivity index (χ2v) is 7.14. The van der Waals surface area contributed by atoms with E-state index in [4.69, 9.17) is 4.74 Å². The highest BCUT2D eigenvalue weighted by molar-refractivity contribution is 5.94. The molecule has 7 heteroatoms. The van der Waals surface area contributed by atoms with Crippen LogP contribution in [0.15, 0.2) is 24.3 Å². The minimum absolute atomic E-state index is 0.0659. The molecule has 0 radical (unpaired) electrons. The van der Waals surface area contributed by atoms with Gasteiger partial charge in [-0.3, -0.25) is 9.69 Å². The largest absolute Gasteiger partial charge is 0.416 e. The van der Waals surface area contributed by atoms with Gasteiger partial charge in [0.1, 0.15) is 0 Å². The number of nitrogens with zero attached hydrogens (tertiary/aromatic N) is 1. The molecule has 1 aromatic carbocycles. The number of halogens is 3. The van der Waals surface area contributed by atoms with E-state index in [2.05, 4.69) is 10.2 Å². The molecule has 1 N–H and O–H groups in total. The Morgan fingerprint density at radius 2 is 1.69 bits per heavy atom. The predicted molar refractivity (Wildman–Crippen MR) is 92.0 cm³/mol. The van der Waals surface area contributed by atoms with Crippen LogP contribution in [0.2, 0.25) is 0 Å². The van der Waals surface area contributed by atoms with Crippen molar-refractivity contribution in [1.82, 2.24) is 10.2 Å². The number of carbonyl (C=O) groups excluding carboxylic acids is 1. The second kappa shape index (κ2) is 7.96. The molecule has 0 unspecified atom stereocenters. The van der Waals surface area contributed by atoms with Gasteiger partial charge in [0.25, 0.3) is 5.91 Å². The van der Waals surface area contributed by atoms with Crippen molar-refractivity contribution in [3.63, 3.8) is 0 Å². The van der Waals surface area contributed by atoms with Crippen molar-refractivity contribution < 1.29 is 22.7 Å². The van der Waals surface area contributed by atoms with Crippen molar-refractivity contribution in [2.24, 2.45) is 0 Å². The number of rotatable bonds is 4. The van der Waals surface area contributed by atoms with E-state index in [-0.39, 0.29) is 17.0 Å². The Morgan fingerprint density at radius 3 is 2.27 bits per heavy atom. The van der Waals surface area contributed by atoms with Crippen LogP contribution < -0.4 is 5.32 Å². The number of carbonyl (C=O) groups is 1. The van der Waals surface area contributed by atoms with Crippen LogP contribution in [0.4, 0.5) is 13.2 Å². The van der Waals surface area contributed by atoms with E-state index < -0.39 is 11.7 Å². The molecular formula is C19H25F3N2O2. The third-order valence-corrected chi connectivity index (χ3v) is 5.52.